The van der Waals surface area contributed by atoms with Crippen LogP contribution in [0.4, 0.5) is 18.9 Å². The molecule has 3 aromatic rings. The molecule has 2 saturated heterocycles. The van der Waals surface area contributed by atoms with Gasteiger partial charge in [-0.05, 0) is 25.0 Å². The quantitative estimate of drug-likeness (QED) is 0.614. The highest BCUT2D eigenvalue weighted by Crippen LogP contribution is 2.37. The molecule has 0 atom stereocenters. The van der Waals surface area contributed by atoms with Crippen LogP contribution in [0.25, 0.3) is 11.3 Å². The lowest BCUT2D eigenvalue weighted by molar-refractivity contribution is -0.144. The van der Waals surface area contributed by atoms with E-state index in [0.717, 1.165) is 5.69 Å². The van der Waals surface area contributed by atoms with Gasteiger partial charge in [-0.15, -0.1) is 0 Å². The highest BCUT2D eigenvalue weighted by Gasteiger charge is 2.51. The molecule has 2 aromatic carbocycles. The monoisotopic (exact) mass is 469 g/mol. The summed E-state index contributed by atoms with van der Waals surface area (Å²) in [5.74, 6) is -1.88. The molecule has 2 aliphatic rings. The molecule has 1 spiro atoms. The van der Waals surface area contributed by atoms with Crippen molar-refractivity contribution in [2.24, 2.45) is 0 Å². The lowest BCUT2D eigenvalue weighted by atomic mass is 9.85. The van der Waals surface area contributed by atoms with Gasteiger partial charge in [0.05, 0.1) is 6.67 Å². The van der Waals surface area contributed by atoms with Crippen LogP contribution in [0.3, 0.4) is 0 Å². The number of nitrogens with zero attached hydrogens (tertiary/aromatic N) is 3. The number of hydrogen-bond donors (Lipinski definition) is 2. The zero-order chi connectivity index (χ0) is 23.9. The van der Waals surface area contributed by atoms with E-state index in [4.69, 9.17) is 0 Å². The zero-order valence-corrected chi connectivity index (χ0v) is 18.1. The third-order valence-corrected chi connectivity index (χ3v) is 6.52. The minimum atomic E-state index is -4.72. The summed E-state index contributed by atoms with van der Waals surface area (Å²) in [5, 5.41) is 2.90. The first kappa shape index (κ1) is 22.0. The molecule has 2 amide bonds. The molecule has 34 heavy (non-hydrogen) atoms. The van der Waals surface area contributed by atoms with E-state index in [1.807, 2.05) is 35.2 Å². The number of hydrogen-bond acceptors (Lipinski definition) is 4. The summed E-state index contributed by atoms with van der Waals surface area (Å²) in [6, 6.07) is 17.8. The second-order valence-electron chi connectivity index (χ2n) is 8.42. The molecule has 7 nitrogen and oxygen atoms in total. The first-order valence-corrected chi connectivity index (χ1v) is 10.9. The molecular formula is C24H22F3N5O2. The highest BCUT2D eigenvalue weighted by molar-refractivity contribution is 5.99. The van der Waals surface area contributed by atoms with Gasteiger partial charge in [0.15, 0.2) is 0 Å². The summed E-state index contributed by atoms with van der Waals surface area (Å²) in [5.41, 5.74) is 0.269. The number of amides is 2. The SMILES string of the molecule is O=C(c1[nH]c(C(F)(F)F)nc1-c1ccccc1)N1CCC2(CC1)C(=O)NCN2c1ccccc1. The summed E-state index contributed by atoms with van der Waals surface area (Å²) in [7, 11) is 0. The average molecular weight is 469 g/mol. The minimum absolute atomic E-state index is 0.0391. The molecule has 2 fully saturated rings. The van der Waals surface area contributed by atoms with E-state index in [-0.39, 0.29) is 30.4 Å². The van der Waals surface area contributed by atoms with Crippen molar-refractivity contribution in [3.63, 3.8) is 0 Å². The van der Waals surface area contributed by atoms with Gasteiger partial charge in [0.1, 0.15) is 16.9 Å². The number of nitrogens with one attached hydrogen (secondary N) is 2. The molecule has 2 N–H and O–H groups in total. The summed E-state index contributed by atoms with van der Waals surface area (Å²) in [4.78, 5) is 35.6. The number of benzene rings is 2. The third kappa shape index (κ3) is 3.68. The average Bonchev–Trinajstić information content (AvgIpc) is 3.43. The Bertz CT molecular complexity index is 1200. The molecule has 0 radical (unpaired) electrons. The van der Waals surface area contributed by atoms with Gasteiger partial charge in [-0.1, -0.05) is 48.5 Å². The van der Waals surface area contributed by atoms with Crippen molar-refractivity contribution in [1.82, 2.24) is 20.2 Å². The van der Waals surface area contributed by atoms with Crippen LogP contribution in [0.2, 0.25) is 0 Å². The fourth-order valence-electron chi connectivity index (χ4n) is 4.74. The summed E-state index contributed by atoms with van der Waals surface area (Å²) < 4.78 is 40.1. The number of rotatable bonds is 3. The second-order valence-corrected chi connectivity index (χ2v) is 8.42. The van der Waals surface area contributed by atoms with Crippen LogP contribution in [0.5, 0.6) is 0 Å². The number of aromatic amines is 1. The standard InChI is InChI=1S/C24H22F3N5O2/c25-24(26,27)21-29-18(16-7-3-1-4-8-16)19(30-21)20(33)31-13-11-23(12-14-31)22(34)28-15-32(23)17-9-5-2-6-10-17/h1-10H,11-15H2,(H,28,34)(H,29,30). The number of halogens is 3. The predicted octanol–water partition coefficient (Wildman–Crippen LogP) is 3.66. The largest absolute Gasteiger partial charge is 0.449 e. The first-order valence-electron chi connectivity index (χ1n) is 10.9. The van der Waals surface area contributed by atoms with Gasteiger partial charge in [0.25, 0.3) is 5.91 Å². The number of imidazole rings is 1. The van der Waals surface area contributed by atoms with Crippen molar-refractivity contribution in [2.45, 2.75) is 24.6 Å². The lowest BCUT2D eigenvalue weighted by Gasteiger charge is -2.43. The van der Waals surface area contributed by atoms with Crippen molar-refractivity contribution >= 4 is 17.5 Å². The number of H-pyrrole nitrogens is 1. The molecule has 3 heterocycles. The van der Waals surface area contributed by atoms with Gasteiger partial charge < -0.3 is 20.1 Å². The predicted molar refractivity (Wildman–Crippen MR) is 119 cm³/mol. The van der Waals surface area contributed by atoms with Crippen LogP contribution < -0.4 is 10.2 Å². The van der Waals surface area contributed by atoms with Gasteiger partial charge in [0.2, 0.25) is 11.7 Å². The van der Waals surface area contributed by atoms with Crippen molar-refractivity contribution in [2.75, 3.05) is 24.7 Å². The van der Waals surface area contributed by atoms with Crippen molar-refractivity contribution in [1.29, 1.82) is 0 Å². The molecule has 1 aromatic heterocycles. The van der Waals surface area contributed by atoms with E-state index < -0.39 is 23.4 Å². The maximum atomic E-state index is 13.4. The van der Waals surface area contributed by atoms with Crippen molar-refractivity contribution in [3.05, 3.63) is 72.2 Å². The van der Waals surface area contributed by atoms with Crippen LogP contribution in [0.1, 0.15) is 29.2 Å². The van der Waals surface area contributed by atoms with Crippen LogP contribution in [-0.4, -0.2) is 52.0 Å². The normalized spacial score (nSPS) is 17.8. The maximum absolute atomic E-state index is 13.4. The number of anilines is 1. The van der Waals surface area contributed by atoms with Crippen LogP contribution in [0, 0.1) is 0 Å². The Kier molecular flexibility index (Phi) is 5.30. The van der Waals surface area contributed by atoms with E-state index in [9.17, 15) is 22.8 Å². The first-order chi connectivity index (χ1) is 16.3. The number of alkyl halides is 3. The van der Waals surface area contributed by atoms with Crippen molar-refractivity contribution < 1.29 is 22.8 Å². The Morgan fingerprint density at radius 1 is 0.971 bits per heavy atom. The van der Waals surface area contributed by atoms with Gasteiger partial charge in [0, 0.05) is 24.3 Å². The molecule has 0 aliphatic carbocycles. The Hall–Kier alpha value is -3.82. The fraction of sp³-hybridized carbons (Fsp3) is 0.292. The molecule has 10 heteroatoms. The smallest absolute Gasteiger partial charge is 0.339 e. The second kappa shape index (κ2) is 8.19. The van der Waals surface area contributed by atoms with E-state index >= 15 is 0 Å². The van der Waals surface area contributed by atoms with Crippen LogP contribution >= 0.6 is 0 Å². The van der Waals surface area contributed by atoms with Gasteiger partial charge in [-0.3, -0.25) is 9.59 Å². The topological polar surface area (TPSA) is 81.3 Å². The molecular weight excluding hydrogens is 447 g/mol. The summed E-state index contributed by atoms with van der Waals surface area (Å²) in [6.45, 7) is 0.818. The number of para-hydroxylation sites is 1. The summed E-state index contributed by atoms with van der Waals surface area (Å²) >= 11 is 0. The maximum Gasteiger partial charge on any atom is 0.449 e. The third-order valence-electron chi connectivity index (χ3n) is 6.52. The van der Waals surface area contributed by atoms with E-state index in [1.54, 1.807) is 30.3 Å². The Balaban J connectivity index is 1.41. The molecule has 0 saturated carbocycles. The Morgan fingerprint density at radius 3 is 2.21 bits per heavy atom. The van der Waals surface area contributed by atoms with Crippen LogP contribution in [0.15, 0.2) is 60.7 Å². The van der Waals surface area contributed by atoms with E-state index in [2.05, 4.69) is 15.3 Å². The fourth-order valence-corrected chi connectivity index (χ4v) is 4.74. The minimum Gasteiger partial charge on any atom is -0.339 e. The van der Waals surface area contributed by atoms with Gasteiger partial charge in [-0.2, -0.15) is 13.2 Å². The lowest BCUT2D eigenvalue weighted by Crippen LogP contribution is -2.57. The number of carbonyl (C=O) groups excluding carboxylic acids is 2. The Labute approximate surface area is 193 Å². The van der Waals surface area contributed by atoms with Crippen molar-refractivity contribution in [3.8, 4) is 11.3 Å². The van der Waals surface area contributed by atoms with Crippen LogP contribution in [-0.2, 0) is 11.0 Å². The van der Waals surface area contributed by atoms with E-state index in [1.165, 1.54) is 4.90 Å². The van der Waals surface area contributed by atoms with E-state index in [0.29, 0.717) is 25.1 Å². The van der Waals surface area contributed by atoms with Gasteiger partial charge in [-0.25, -0.2) is 4.98 Å². The molecule has 176 valence electrons. The molecule has 5 rings (SSSR count). The number of carbonyl (C=O) groups is 2. The molecule has 2 aliphatic heterocycles. The highest BCUT2D eigenvalue weighted by atomic mass is 19.4. The van der Waals surface area contributed by atoms with Gasteiger partial charge >= 0.3 is 6.18 Å². The number of piperidine rings is 1. The molecule has 0 unspecified atom stereocenters. The zero-order valence-electron chi connectivity index (χ0n) is 18.1. The summed E-state index contributed by atoms with van der Waals surface area (Å²) in [6.07, 6.45) is -3.99. The number of likely N-dealkylation sites (tertiary alicyclic amines) is 1. The number of aromatic nitrogens is 2. The Morgan fingerprint density at radius 2 is 1.59 bits per heavy atom. The molecule has 0 bridgehead atoms.